The number of carbonyl (C=O) groups is 3. The van der Waals surface area contributed by atoms with Crippen LogP contribution in [-0.4, -0.2) is 28.7 Å². The van der Waals surface area contributed by atoms with Gasteiger partial charge in [-0.05, 0) is 53.3 Å². The summed E-state index contributed by atoms with van der Waals surface area (Å²) in [4.78, 5) is 38.7. The Bertz CT molecular complexity index is 914. The molecule has 2 atom stereocenters. The number of halogens is 1. The first-order chi connectivity index (χ1) is 12.5. The molecule has 1 N–H and O–H groups in total. The van der Waals surface area contributed by atoms with Crippen molar-refractivity contribution in [1.29, 1.82) is 0 Å². The monoisotopic (exact) mass is 462 g/mol. The van der Waals surface area contributed by atoms with Crippen molar-refractivity contribution in [2.75, 3.05) is 5.32 Å². The minimum Gasteiger partial charge on any atom is -0.433 e. The normalized spacial score (nSPS) is 21.5. The summed E-state index contributed by atoms with van der Waals surface area (Å²) >= 11 is 2.17. The van der Waals surface area contributed by atoms with Crippen LogP contribution in [0.4, 0.5) is 5.69 Å². The molecule has 2 amide bonds. The third kappa shape index (κ3) is 2.96. The molecule has 7 heteroatoms. The summed E-state index contributed by atoms with van der Waals surface area (Å²) in [5, 5.41) is 2.86. The number of nitrogens with zero attached hydrogens (tertiary/aromatic N) is 1. The zero-order valence-corrected chi connectivity index (χ0v) is 15.8. The second-order valence-corrected chi connectivity index (χ2v) is 7.45. The largest absolute Gasteiger partial charge is 0.433 e. The van der Waals surface area contributed by atoms with Crippen LogP contribution in [0.5, 0.6) is 0 Å². The van der Waals surface area contributed by atoms with Gasteiger partial charge in [0.05, 0.1) is 5.56 Å². The van der Waals surface area contributed by atoms with E-state index in [9.17, 15) is 14.4 Å². The number of hydrogen-bond acceptors (Lipinski definition) is 4. The van der Waals surface area contributed by atoms with Gasteiger partial charge in [-0.1, -0.05) is 24.3 Å². The van der Waals surface area contributed by atoms with Crippen molar-refractivity contribution in [2.24, 2.45) is 0 Å². The number of likely N-dealkylation sites (tertiary alicyclic amines) is 1. The summed E-state index contributed by atoms with van der Waals surface area (Å²) in [5.41, 5.74) is 1.73. The van der Waals surface area contributed by atoms with Gasteiger partial charge in [0, 0.05) is 21.2 Å². The lowest BCUT2D eigenvalue weighted by Crippen LogP contribution is -2.43. The minimum absolute atomic E-state index is 0.192. The summed E-state index contributed by atoms with van der Waals surface area (Å²) in [7, 11) is 0. The summed E-state index contributed by atoms with van der Waals surface area (Å²) in [6.45, 7) is 0. The maximum atomic E-state index is 12.8. The molecular weight excluding hydrogens is 447 g/mol. The van der Waals surface area contributed by atoms with E-state index in [4.69, 9.17) is 4.74 Å². The highest BCUT2D eigenvalue weighted by Gasteiger charge is 2.46. The van der Waals surface area contributed by atoms with Crippen molar-refractivity contribution in [1.82, 2.24) is 4.90 Å². The molecule has 0 saturated carbocycles. The molecule has 0 spiro atoms. The number of rotatable bonds is 3. The van der Waals surface area contributed by atoms with E-state index in [1.807, 2.05) is 18.2 Å². The van der Waals surface area contributed by atoms with Crippen LogP contribution < -0.4 is 5.32 Å². The zero-order chi connectivity index (χ0) is 18.3. The minimum atomic E-state index is -0.847. The summed E-state index contributed by atoms with van der Waals surface area (Å²) in [6, 6.07) is 13.7. The molecule has 2 aromatic rings. The number of hydrogen-bond donors (Lipinski definition) is 1. The lowest BCUT2D eigenvalue weighted by atomic mass is 10.1. The first-order valence-electron chi connectivity index (χ1n) is 8.22. The molecule has 2 unspecified atom stereocenters. The Hall–Kier alpha value is -2.42. The third-order valence-corrected chi connectivity index (χ3v) is 5.24. The fraction of sp³-hybridized carbons (Fsp3) is 0.211. The fourth-order valence-corrected chi connectivity index (χ4v) is 3.92. The molecule has 2 heterocycles. The van der Waals surface area contributed by atoms with Crippen LogP contribution in [0.2, 0.25) is 0 Å². The van der Waals surface area contributed by atoms with Crippen molar-refractivity contribution >= 4 is 46.1 Å². The van der Waals surface area contributed by atoms with E-state index >= 15 is 0 Å². The van der Waals surface area contributed by atoms with Crippen LogP contribution in [0.3, 0.4) is 0 Å². The van der Waals surface area contributed by atoms with Gasteiger partial charge in [-0.2, -0.15) is 0 Å². The summed E-state index contributed by atoms with van der Waals surface area (Å²) in [5.74, 6) is -0.942. The highest BCUT2D eigenvalue weighted by Crippen LogP contribution is 2.38. The molecule has 1 fully saturated rings. The van der Waals surface area contributed by atoms with E-state index in [1.165, 1.54) is 4.90 Å². The van der Waals surface area contributed by atoms with Crippen LogP contribution in [0.15, 0.2) is 48.5 Å². The van der Waals surface area contributed by atoms with Gasteiger partial charge in [0.15, 0.2) is 0 Å². The van der Waals surface area contributed by atoms with E-state index in [0.717, 1.165) is 3.57 Å². The predicted octanol–water partition coefficient (Wildman–Crippen LogP) is 3.09. The maximum absolute atomic E-state index is 12.8. The topological polar surface area (TPSA) is 75.7 Å². The molecule has 0 bridgehead atoms. The van der Waals surface area contributed by atoms with E-state index in [2.05, 4.69) is 27.9 Å². The molecule has 0 aliphatic carbocycles. The molecule has 2 aliphatic heterocycles. The molecule has 2 aliphatic rings. The maximum Gasteiger partial charge on any atom is 0.340 e. The number of fused-ring (bicyclic) bond motifs is 1. The van der Waals surface area contributed by atoms with E-state index < -0.39 is 18.2 Å². The van der Waals surface area contributed by atoms with Gasteiger partial charge in [0.25, 0.3) is 0 Å². The van der Waals surface area contributed by atoms with E-state index in [0.29, 0.717) is 23.2 Å². The molecule has 6 nitrogen and oxygen atoms in total. The molecule has 132 valence electrons. The second-order valence-electron chi connectivity index (χ2n) is 6.20. The average molecular weight is 462 g/mol. The number of nitrogens with one attached hydrogen (secondary N) is 1. The lowest BCUT2D eigenvalue weighted by Gasteiger charge is -2.29. The van der Waals surface area contributed by atoms with Gasteiger partial charge < -0.3 is 10.1 Å². The van der Waals surface area contributed by atoms with Crippen molar-refractivity contribution < 1.29 is 19.1 Å². The number of esters is 1. The van der Waals surface area contributed by atoms with Gasteiger partial charge >= 0.3 is 5.97 Å². The Morgan fingerprint density at radius 1 is 1.15 bits per heavy atom. The van der Waals surface area contributed by atoms with Crippen LogP contribution in [0.1, 0.15) is 35.0 Å². The van der Waals surface area contributed by atoms with Crippen LogP contribution in [0.25, 0.3) is 0 Å². The highest BCUT2D eigenvalue weighted by atomic mass is 127. The molecule has 2 aromatic carbocycles. The van der Waals surface area contributed by atoms with Gasteiger partial charge in [-0.15, -0.1) is 0 Å². The highest BCUT2D eigenvalue weighted by molar-refractivity contribution is 14.1. The molecule has 0 radical (unpaired) electrons. The standard InChI is InChI=1S/C19H15IN2O4/c20-11-4-3-5-12(10-11)21-17(24)15-8-9-16(23)22(15)18-13-6-1-2-7-14(13)19(25)26-18/h1-7,10,15,18H,8-9H2,(H,21,24). The molecular formula is C19H15IN2O4. The Labute approximate surface area is 163 Å². The number of amides is 2. The first kappa shape index (κ1) is 17.0. The van der Waals surface area contributed by atoms with E-state index in [-0.39, 0.29) is 18.2 Å². The van der Waals surface area contributed by atoms with Crippen LogP contribution in [0, 0.1) is 3.57 Å². The summed E-state index contributed by atoms with van der Waals surface area (Å²) < 4.78 is 6.42. The summed E-state index contributed by atoms with van der Waals surface area (Å²) in [6.07, 6.45) is -0.203. The van der Waals surface area contributed by atoms with Crippen molar-refractivity contribution in [2.45, 2.75) is 25.1 Å². The number of ether oxygens (including phenoxy) is 1. The van der Waals surface area contributed by atoms with Gasteiger partial charge in [0.1, 0.15) is 6.04 Å². The lowest BCUT2D eigenvalue weighted by molar-refractivity contribution is -0.144. The number of cyclic esters (lactones) is 1. The number of anilines is 1. The SMILES string of the molecule is O=C1OC(N2C(=O)CCC2C(=O)Nc2cccc(I)c2)c2ccccc21. The Morgan fingerprint density at radius 3 is 2.77 bits per heavy atom. The van der Waals surface area contributed by atoms with Crippen molar-refractivity contribution in [3.8, 4) is 0 Å². The molecule has 1 saturated heterocycles. The number of carbonyl (C=O) groups excluding carboxylic acids is 3. The quantitative estimate of drug-likeness (QED) is 0.562. The second kappa shape index (κ2) is 6.71. The first-order valence-corrected chi connectivity index (χ1v) is 9.30. The zero-order valence-electron chi connectivity index (χ0n) is 13.6. The molecule has 26 heavy (non-hydrogen) atoms. The Balaban J connectivity index is 1.60. The van der Waals surface area contributed by atoms with Gasteiger partial charge in [-0.25, -0.2) is 4.79 Å². The molecule has 4 rings (SSSR count). The van der Waals surface area contributed by atoms with Crippen molar-refractivity contribution in [3.63, 3.8) is 0 Å². The Kier molecular flexibility index (Phi) is 4.39. The molecule has 0 aromatic heterocycles. The van der Waals surface area contributed by atoms with Crippen LogP contribution in [-0.2, 0) is 14.3 Å². The van der Waals surface area contributed by atoms with Gasteiger partial charge in [-0.3, -0.25) is 14.5 Å². The third-order valence-electron chi connectivity index (χ3n) is 4.57. The Morgan fingerprint density at radius 2 is 1.96 bits per heavy atom. The van der Waals surface area contributed by atoms with Crippen LogP contribution >= 0.6 is 22.6 Å². The average Bonchev–Trinajstić information content (AvgIpc) is 3.15. The predicted molar refractivity (Wildman–Crippen MR) is 102 cm³/mol. The van der Waals surface area contributed by atoms with E-state index in [1.54, 1.807) is 30.3 Å². The van der Waals surface area contributed by atoms with Crippen molar-refractivity contribution in [3.05, 3.63) is 63.2 Å². The number of benzene rings is 2. The fourth-order valence-electron chi connectivity index (χ4n) is 3.38. The van der Waals surface area contributed by atoms with Gasteiger partial charge in [0.2, 0.25) is 18.0 Å². The smallest absolute Gasteiger partial charge is 0.340 e.